The number of hydrogen-bond donors (Lipinski definition) is 3. The summed E-state index contributed by atoms with van der Waals surface area (Å²) >= 11 is 0. The highest BCUT2D eigenvalue weighted by atomic mass is 16.7. The Labute approximate surface area is 152 Å². The van der Waals surface area contributed by atoms with Crippen LogP contribution in [0.4, 0.5) is 0 Å². The maximum Gasteiger partial charge on any atom is 0.184 e. The largest absolute Gasteiger partial charge is 0.394 e. The molecule has 3 N–H and O–H groups in total. The lowest BCUT2D eigenvalue weighted by molar-refractivity contribution is -0.305. The smallest absolute Gasteiger partial charge is 0.184 e. The molecule has 5 atom stereocenters. The molecule has 0 spiro atoms. The van der Waals surface area contributed by atoms with Crippen LogP contribution in [0.15, 0.2) is 60.7 Å². The second kappa shape index (κ2) is 9.23. The first kappa shape index (κ1) is 19.0. The molecule has 1 saturated heterocycles. The molecule has 0 amide bonds. The molecule has 0 radical (unpaired) electrons. The van der Waals surface area contributed by atoms with Gasteiger partial charge < -0.3 is 29.5 Å². The predicted octanol–water partition coefficient (Wildman–Crippen LogP) is 1.23. The quantitative estimate of drug-likeness (QED) is 0.688. The fourth-order valence-electron chi connectivity index (χ4n) is 2.98. The van der Waals surface area contributed by atoms with E-state index < -0.39 is 30.7 Å². The second-order valence-electron chi connectivity index (χ2n) is 6.26. The minimum atomic E-state index is -1.44. The Kier molecular flexibility index (Phi) is 6.73. The molecule has 6 nitrogen and oxygen atoms in total. The first-order chi connectivity index (χ1) is 12.7. The van der Waals surface area contributed by atoms with Gasteiger partial charge in [0.15, 0.2) is 6.29 Å². The summed E-state index contributed by atoms with van der Waals surface area (Å²) in [6.07, 6.45) is -5.06. The van der Waals surface area contributed by atoms with Crippen LogP contribution in [-0.2, 0) is 27.4 Å². The van der Waals surface area contributed by atoms with Gasteiger partial charge in [-0.3, -0.25) is 0 Å². The Morgan fingerprint density at radius 1 is 0.769 bits per heavy atom. The van der Waals surface area contributed by atoms with E-state index in [4.69, 9.17) is 14.2 Å². The van der Waals surface area contributed by atoms with Crippen molar-refractivity contribution >= 4 is 0 Å². The minimum absolute atomic E-state index is 0.249. The SMILES string of the molecule is OCC1O[C@H](O)C(O)C(OCc2ccccc2)[C@H]1OCc1ccccc1. The predicted molar refractivity (Wildman–Crippen MR) is 94.0 cm³/mol. The van der Waals surface area contributed by atoms with Crippen LogP contribution >= 0.6 is 0 Å². The molecular formula is C20H24O6. The zero-order chi connectivity index (χ0) is 18.4. The van der Waals surface area contributed by atoms with Crippen molar-refractivity contribution in [1.29, 1.82) is 0 Å². The van der Waals surface area contributed by atoms with Crippen LogP contribution in [0.5, 0.6) is 0 Å². The standard InChI is InChI=1S/C20H24O6/c21-11-16-18(24-12-14-7-3-1-4-8-14)19(17(22)20(23)26-16)25-13-15-9-5-2-6-10-15/h1-10,16-23H,11-13H2/t16?,17?,18-,19?,20-/m0/s1. The van der Waals surface area contributed by atoms with Crippen LogP contribution in [-0.4, -0.2) is 52.6 Å². The third-order valence-corrected chi connectivity index (χ3v) is 4.38. The van der Waals surface area contributed by atoms with Gasteiger partial charge in [0.25, 0.3) is 0 Å². The first-order valence-electron chi connectivity index (χ1n) is 8.62. The van der Waals surface area contributed by atoms with Crippen LogP contribution in [0.1, 0.15) is 11.1 Å². The van der Waals surface area contributed by atoms with Crippen molar-refractivity contribution in [2.45, 2.75) is 43.9 Å². The highest BCUT2D eigenvalue weighted by molar-refractivity contribution is 5.14. The van der Waals surface area contributed by atoms with E-state index in [1.165, 1.54) is 0 Å². The van der Waals surface area contributed by atoms with Gasteiger partial charge in [0, 0.05) is 0 Å². The van der Waals surface area contributed by atoms with Gasteiger partial charge in [0.1, 0.15) is 24.4 Å². The Morgan fingerprint density at radius 3 is 1.77 bits per heavy atom. The molecule has 0 aliphatic carbocycles. The Bertz CT molecular complexity index is 606. The number of ether oxygens (including phenoxy) is 3. The summed E-state index contributed by atoms with van der Waals surface area (Å²) in [6.45, 7) is 0.173. The molecule has 3 unspecified atom stereocenters. The fourth-order valence-corrected chi connectivity index (χ4v) is 2.98. The van der Waals surface area contributed by atoms with Crippen LogP contribution < -0.4 is 0 Å². The number of rotatable bonds is 7. The van der Waals surface area contributed by atoms with Crippen molar-refractivity contribution in [2.75, 3.05) is 6.61 Å². The molecule has 0 bridgehead atoms. The van der Waals surface area contributed by atoms with Gasteiger partial charge in [-0.1, -0.05) is 60.7 Å². The molecule has 26 heavy (non-hydrogen) atoms. The van der Waals surface area contributed by atoms with Gasteiger partial charge in [-0.25, -0.2) is 0 Å². The highest BCUT2D eigenvalue weighted by Gasteiger charge is 2.46. The average Bonchev–Trinajstić information content (AvgIpc) is 2.69. The summed E-state index contributed by atoms with van der Waals surface area (Å²) in [5.74, 6) is 0. The van der Waals surface area contributed by atoms with E-state index in [1.807, 2.05) is 60.7 Å². The molecule has 2 aromatic rings. The summed E-state index contributed by atoms with van der Waals surface area (Å²) < 4.78 is 17.1. The van der Waals surface area contributed by atoms with Crippen molar-refractivity contribution in [1.82, 2.24) is 0 Å². The topological polar surface area (TPSA) is 88.4 Å². The van der Waals surface area contributed by atoms with Crippen molar-refractivity contribution in [3.63, 3.8) is 0 Å². The molecule has 3 rings (SSSR count). The molecule has 1 aliphatic heterocycles. The van der Waals surface area contributed by atoms with Crippen LogP contribution in [0.2, 0.25) is 0 Å². The average molecular weight is 360 g/mol. The molecular weight excluding hydrogens is 336 g/mol. The summed E-state index contributed by atoms with van der Waals surface area (Å²) in [5, 5.41) is 29.9. The lowest BCUT2D eigenvalue weighted by Crippen LogP contribution is -2.60. The molecule has 1 heterocycles. The van der Waals surface area contributed by atoms with E-state index in [0.29, 0.717) is 0 Å². The molecule has 0 aromatic heterocycles. The summed E-state index contributed by atoms with van der Waals surface area (Å²) in [5.41, 5.74) is 1.88. The zero-order valence-electron chi connectivity index (χ0n) is 14.3. The van der Waals surface area contributed by atoms with E-state index >= 15 is 0 Å². The van der Waals surface area contributed by atoms with E-state index in [9.17, 15) is 15.3 Å². The highest BCUT2D eigenvalue weighted by Crippen LogP contribution is 2.26. The van der Waals surface area contributed by atoms with Gasteiger partial charge in [0.2, 0.25) is 0 Å². The van der Waals surface area contributed by atoms with Crippen molar-refractivity contribution in [3.8, 4) is 0 Å². The van der Waals surface area contributed by atoms with Crippen LogP contribution in [0, 0.1) is 0 Å². The van der Waals surface area contributed by atoms with Gasteiger partial charge >= 0.3 is 0 Å². The second-order valence-corrected chi connectivity index (χ2v) is 6.26. The zero-order valence-corrected chi connectivity index (χ0v) is 14.3. The van der Waals surface area contributed by atoms with E-state index in [2.05, 4.69) is 0 Å². The van der Waals surface area contributed by atoms with Gasteiger partial charge in [-0.15, -0.1) is 0 Å². The number of aliphatic hydroxyl groups excluding tert-OH is 3. The Morgan fingerprint density at radius 2 is 1.27 bits per heavy atom. The lowest BCUT2D eigenvalue weighted by atomic mass is 9.98. The van der Waals surface area contributed by atoms with Crippen molar-refractivity contribution in [2.24, 2.45) is 0 Å². The van der Waals surface area contributed by atoms with E-state index in [0.717, 1.165) is 11.1 Å². The van der Waals surface area contributed by atoms with Crippen molar-refractivity contribution in [3.05, 3.63) is 71.8 Å². The van der Waals surface area contributed by atoms with Gasteiger partial charge in [0.05, 0.1) is 19.8 Å². The fraction of sp³-hybridized carbons (Fsp3) is 0.400. The number of benzene rings is 2. The molecule has 6 heteroatoms. The molecule has 140 valence electrons. The molecule has 1 aliphatic rings. The summed E-state index contributed by atoms with van der Waals surface area (Å²) in [6, 6.07) is 19.1. The normalized spacial score (nSPS) is 28.8. The van der Waals surface area contributed by atoms with Crippen LogP contribution in [0.25, 0.3) is 0 Å². The maximum atomic E-state index is 10.3. The Hall–Kier alpha value is -1.80. The van der Waals surface area contributed by atoms with E-state index in [1.54, 1.807) is 0 Å². The number of hydrogen-bond acceptors (Lipinski definition) is 6. The van der Waals surface area contributed by atoms with Crippen molar-refractivity contribution < 1.29 is 29.5 Å². The Balaban J connectivity index is 1.71. The molecule has 0 saturated carbocycles. The minimum Gasteiger partial charge on any atom is -0.394 e. The summed E-state index contributed by atoms with van der Waals surface area (Å²) in [4.78, 5) is 0. The van der Waals surface area contributed by atoms with E-state index in [-0.39, 0.29) is 19.8 Å². The monoisotopic (exact) mass is 360 g/mol. The molecule has 2 aromatic carbocycles. The molecule has 1 fully saturated rings. The lowest BCUT2D eigenvalue weighted by Gasteiger charge is -2.42. The van der Waals surface area contributed by atoms with Gasteiger partial charge in [-0.05, 0) is 11.1 Å². The third-order valence-electron chi connectivity index (χ3n) is 4.38. The number of aliphatic hydroxyl groups is 3. The maximum absolute atomic E-state index is 10.3. The first-order valence-corrected chi connectivity index (χ1v) is 8.62. The van der Waals surface area contributed by atoms with Crippen LogP contribution in [0.3, 0.4) is 0 Å². The van der Waals surface area contributed by atoms with Gasteiger partial charge in [-0.2, -0.15) is 0 Å². The third kappa shape index (κ3) is 4.67. The summed E-state index contributed by atoms with van der Waals surface area (Å²) in [7, 11) is 0.